The van der Waals surface area contributed by atoms with Gasteiger partial charge in [-0.1, -0.05) is 0 Å². The molecule has 1 aliphatic rings. The molecular weight excluding hydrogens is 266 g/mol. The number of benzene rings is 1. The molecule has 1 aliphatic heterocycles. The molecule has 3 rings (SSSR count). The minimum atomic E-state index is -0.708. The molecule has 0 amide bonds. The summed E-state index contributed by atoms with van der Waals surface area (Å²) in [6.07, 6.45) is 0.695. The summed E-state index contributed by atoms with van der Waals surface area (Å²) in [6.45, 7) is 8.06. The quantitative estimate of drug-likeness (QED) is 0.940. The Balaban J connectivity index is 1.79. The summed E-state index contributed by atoms with van der Waals surface area (Å²) in [5, 5.41) is 10.4. The Morgan fingerprint density at radius 2 is 2.05 bits per heavy atom. The zero-order chi connectivity index (χ0) is 15.2. The second-order valence-corrected chi connectivity index (χ2v) is 6.51. The van der Waals surface area contributed by atoms with Crippen LogP contribution >= 0.6 is 0 Å². The highest BCUT2D eigenvalue weighted by atomic mass is 16.4. The summed E-state index contributed by atoms with van der Waals surface area (Å²) >= 11 is 0. The van der Waals surface area contributed by atoms with Crippen molar-refractivity contribution in [3.8, 4) is 0 Å². The third-order valence-electron chi connectivity index (χ3n) is 4.63. The van der Waals surface area contributed by atoms with Gasteiger partial charge in [-0.15, -0.1) is 0 Å². The number of fused-ring (bicyclic) bond motifs is 1. The molecule has 0 aliphatic carbocycles. The van der Waals surface area contributed by atoms with Gasteiger partial charge in [-0.2, -0.15) is 0 Å². The fraction of sp³-hybridized carbons (Fsp3) is 0.471. The molecular formula is C17H21NO3. The number of rotatable bonds is 3. The first kappa shape index (κ1) is 14.1. The monoisotopic (exact) mass is 287 g/mol. The molecule has 1 unspecified atom stereocenters. The van der Waals surface area contributed by atoms with Gasteiger partial charge in [-0.25, -0.2) is 0 Å². The number of carboxylic acids is 1. The highest BCUT2D eigenvalue weighted by Gasteiger charge is 2.40. The Kier molecular flexibility index (Phi) is 3.29. The summed E-state index contributed by atoms with van der Waals surface area (Å²) in [6, 6.07) is 6.28. The molecule has 1 atom stereocenters. The zero-order valence-electron chi connectivity index (χ0n) is 12.8. The predicted octanol–water partition coefficient (Wildman–Crippen LogP) is 3.35. The average Bonchev–Trinajstić information content (AvgIpc) is 2.95. The number of nitrogens with zero attached hydrogens (tertiary/aromatic N) is 1. The predicted molar refractivity (Wildman–Crippen MR) is 81.3 cm³/mol. The van der Waals surface area contributed by atoms with Crippen molar-refractivity contribution in [3.05, 3.63) is 35.1 Å². The first-order valence-corrected chi connectivity index (χ1v) is 7.33. The van der Waals surface area contributed by atoms with Crippen LogP contribution < -0.4 is 0 Å². The van der Waals surface area contributed by atoms with Gasteiger partial charge in [0.1, 0.15) is 11.3 Å². The smallest absolute Gasteiger partial charge is 0.310 e. The zero-order valence-corrected chi connectivity index (χ0v) is 12.8. The van der Waals surface area contributed by atoms with Gasteiger partial charge in [0.05, 0.1) is 12.0 Å². The number of aliphatic carboxylic acids is 1. The van der Waals surface area contributed by atoms with Crippen LogP contribution in [0.15, 0.2) is 22.6 Å². The normalized spacial score (nSPS) is 23.0. The highest BCUT2D eigenvalue weighted by Crippen LogP contribution is 2.32. The van der Waals surface area contributed by atoms with Crippen molar-refractivity contribution in [1.29, 1.82) is 0 Å². The molecule has 1 fully saturated rings. The summed E-state index contributed by atoms with van der Waals surface area (Å²) in [7, 11) is 0. The van der Waals surface area contributed by atoms with Gasteiger partial charge in [-0.05, 0) is 63.1 Å². The van der Waals surface area contributed by atoms with Crippen LogP contribution in [0.25, 0.3) is 11.0 Å². The van der Waals surface area contributed by atoms with E-state index in [0.717, 1.165) is 23.3 Å². The van der Waals surface area contributed by atoms with Crippen molar-refractivity contribution < 1.29 is 14.3 Å². The van der Waals surface area contributed by atoms with E-state index in [0.29, 0.717) is 19.5 Å². The third kappa shape index (κ3) is 2.56. The van der Waals surface area contributed by atoms with Crippen molar-refractivity contribution in [2.45, 2.75) is 33.7 Å². The highest BCUT2D eigenvalue weighted by molar-refractivity contribution is 5.79. The molecule has 0 bridgehead atoms. The van der Waals surface area contributed by atoms with Crippen LogP contribution in [-0.4, -0.2) is 29.1 Å². The largest absolute Gasteiger partial charge is 0.481 e. The molecule has 112 valence electrons. The summed E-state index contributed by atoms with van der Waals surface area (Å²) in [4.78, 5) is 13.4. The molecule has 4 heteroatoms. The summed E-state index contributed by atoms with van der Waals surface area (Å²) in [5.41, 5.74) is 2.77. The van der Waals surface area contributed by atoms with Gasteiger partial charge < -0.3 is 9.52 Å². The SMILES string of the molecule is Cc1cc2cc(CN3CCC(C)(C(=O)O)C3)oc2cc1C. The molecule has 4 nitrogen and oxygen atoms in total. The second kappa shape index (κ2) is 4.88. The number of carbonyl (C=O) groups is 1. The van der Waals surface area contributed by atoms with Crippen LogP contribution in [-0.2, 0) is 11.3 Å². The fourth-order valence-electron chi connectivity index (χ4n) is 3.02. The van der Waals surface area contributed by atoms with Crippen molar-refractivity contribution >= 4 is 16.9 Å². The molecule has 0 radical (unpaired) electrons. The van der Waals surface area contributed by atoms with Gasteiger partial charge in [0.25, 0.3) is 0 Å². The number of carboxylic acid groups (broad SMARTS) is 1. The lowest BCUT2D eigenvalue weighted by Gasteiger charge is -2.19. The summed E-state index contributed by atoms with van der Waals surface area (Å²) in [5.74, 6) is 0.200. The Hall–Kier alpha value is -1.81. The van der Waals surface area contributed by atoms with Crippen LogP contribution in [0.3, 0.4) is 0 Å². The van der Waals surface area contributed by atoms with E-state index in [1.165, 1.54) is 11.1 Å². The lowest BCUT2D eigenvalue weighted by atomic mass is 9.90. The number of furan rings is 1. The Labute approximate surface area is 124 Å². The maximum atomic E-state index is 11.3. The first-order valence-electron chi connectivity index (χ1n) is 7.33. The van der Waals surface area contributed by atoms with E-state index < -0.39 is 11.4 Å². The van der Waals surface area contributed by atoms with E-state index in [2.05, 4.69) is 36.9 Å². The first-order chi connectivity index (χ1) is 9.87. The molecule has 0 spiro atoms. The Bertz CT molecular complexity index is 664. The van der Waals surface area contributed by atoms with Gasteiger partial charge in [0.15, 0.2) is 0 Å². The maximum absolute atomic E-state index is 11.3. The van der Waals surface area contributed by atoms with Crippen LogP contribution in [0.1, 0.15) is 30.2 Å². The van der Waals surface area contributed by atoms with E-state index in [4.69, 9.17) is 4.42 Å². The van der Waals surface area contributed by atoms with Crippen LogP contribution in [0.4, 0.5) is 0 Å². The van der Waals surface area contributed by atoms with Crippen LogP contribution in [0.2, 0.25) is 0 Å². The van der Waals surface area contributed by atoms with E-state index in [-0.39, 0.29) is 0 Å². The van der Waals surface area contributed by atoms with Gasteiger partial charge in [0, 0.05) is 11.9 Å². The minimum Gasteiger partial charge on any atom is -0.481 e. The minimum absolute atomic E-state index is 0.581. The van der Waals surface area contributed by atoms with E-state index >= 15 is 0 Å². The van der Waals surface area contributed by atoms with Crippen LogP contribution in [0, 0.1) is 19.3 Å². The molecule has 2 heterocycles. The Morgan fingerprint density at radius 1 is 1.33 bits per heavy atom. The molecule has 1 saturated heterocycles. The number of aryl methyl sites for hydroxylation is 2. The molecule has 1 aromatic heterocycles. The molecule has 2 aromatic rings. The molecule has 0 saturated carbocycles. The van der Waals surface area contributed by atoms with Crippen molar-refractivity contribution in [3.63, 3.8) is 0 Å². The van der Waals surface area contributed by atoms with Gasteiger partial charge >= 0.3 is 5.97 Å². The van der Waals surface area contributed by atoms with Gasteiger partial charge in [0.2, 0.25) is 0 Å². The lowest BCUT2D eigenvalue weighted by Crippen LogP contribution is -2.31. The molecule has 1 N–H and O–H groups in total. The topological polar surface area (TPSA) is 53.7 Å². The van der Waals surface area contributed by atoms with Crippen molar-refractivity contribution in [2.24, 2.45) is 5.41 Å². The standard InChI is InChI=1S/C17H21NO3/c1-11-6-13-8-14(21-15(13)7-12(11)2)9-18-5-4-17(3,10-18)16(19)20/h6-8H,4-5,9-10H2,1-3H3,(H,19,20). The average molecular weight is 287 g/mol. The maximum Gasteiger partial charge on any atom is 0.310 e. The third-order valence-corrected chi connectivity index (χ3v) is 4.63. The van der Waals surface area contributed by atoms with E-state index in [1.807, 2.05) is 6.92 Å². The Morgan fingerprint density at radius 3 is 2.71 bits per heavy atom. The fourth-order valence-corrected chi connectivity index (χ4v) is 3.02. The van der Waals surface area contributed by atoms with Crippen molar-refractivity contribution in [1.82, 2.24) is 4.90 Å². The number of likely N-dealkylation sites (tertiary alicyclic amines) is 1. The molecule has 21 heavy (non-hydrogen) atoms. The van der Waals surface area contributed by atoms with E-state index in [1.54, 1.807) is 0 Å². The van der Waals surface area contributed by atoms with Crippen LogP contribution in [0.5, 0.6) is 0 Å². The van der Waals surface area contributed by atoms with Gasteiger partial charge in [-0.3, -0.25) is 9.69 Å². The second-order valence-electron chi connectivity index (χ2n) is 6.51. The number of hydrogen-bond acceptors (Lipinski definition) is 3. The van der Waals surface area contributed by atoms with Crippen molar-refractivity contribution in [2.75, 3.05) is 13.1 Å². The van der Waals surface area contributed by atoms with E-state index in [9.17, 15) is 9.90 Å². The number of hydrogen-bond donors (Lipinski definition) is 1. The molecule has 1 aromatic carbocycles. The lowest BCUT2D eigenvalue weighted by molar-refractivity contribution is -0.147. The summed E-state index contributed by atoms with van der Waals surface area (Å²) < 4.78 is 5.91.